The van der Waals surface area contributed by atoms with Gasteiger partial charge in [-0.3, -0.25) is 19.1 Å². The number of likely N-dealkylation sites (tertiary alicyclic amines) is 1. The third-order valence-electron chi connectivity index (χ3n) is 4.40. The van der Waals surface area contributed by atoms with Crippen LogP contribution in [0.25, 0.3) is 0 Å². The van der Waals surface area contributed by atoms with Crippen LogP contribution in [0.5, 0.6) is 0 Å². The molecule has 3 rings (SSSR count). The van der Waals surface area contributed by atoms with E-state index in [-0.39, 0.29) is 42.8 Å². The Hall–Kier alpha value is -2.88. The second kappa shape index (κ2) is 6.79. The topological polar surface area (TPSA) is 133 Å². The van der Waals surface area contributed by atoms with Crippen LogP contribution in [-0.2, 0) is 11.3 Å². The lowest BCUT2D eigenvalue weighted by atomic mass is 9.92. The maximum absolute atomic E-state index is 12.4. The number of hydrogen-bond acceptors (Lipinski definition) is 6. The molecule has 26 heavy (non-hydrogen) atoms. The number of nitrogens with one attached hydrogen (secondary N) is 2. The Morgan fingerprint density at radius 1 is 1.50 bits per heavy atom. The summed E-state index contributed by atoms with van der Waals surface area (Å²) in [5, 5.41) is 19.1. The van der Waals surface area contributed by atoms with E-state index in [1.54, 1.807) is 30.1 Å². The third kappa shape index (κ3) is 3.54. The molecule has 10 heteroatoms. The van der Waals surface area contributed by atoms with E-state index in [1.807, 2.05) is 0 Å². The van der Waals surface area contributed by atoms with Crippen molar-refractivity contribution in [2.24, 2.45) is 5.92 Å². The summed E-state index contributed by atoms with van der Waals surface area (Å²) >= 11 is 0. The minimum Gasteiger partial charge on any atom is -0.384 e. The van der Waals surface area contributed by atoms with Crippen LogP contribution in [0.3, 0.4) is 0 Å². The first kappa shape index (κ1) is 17.9. The lowest BCUT2D eigenvalue weighted by molar-refractivity contribution is -0.158. The number of aryl methyl sites for hydroxylation is 1. The van der Waals surface area contributed by atoms with Crippen LogP contribution in [0.4, 0.5) is 0 Å². The van der Waals surface area contributed by atoms with Crippen LogP contribution in [0, 0.1) is 12.8 Å². The molecule has 0 saturated carbocycles. The predicted molar refractivity (Wildman–Crippen MR) is 89.3 cm³/mol. The van der Waals surface area contributed by atoms with Gasteiger partial charge in [0.15, 0.2) is 0 Å². The molecular formula is C16H21N5O5. The van der Waals surface area contributed by atoms with Crippen LogP contribution in [0.15, 0.2) is 27.8 Å². The predicted octanol–water partition coefficient (Wildman–Crippen LogP) is -0.888. The van der Waals surface area contributed by atoms with Gasteiger partial charge in [0.25, 0.3) is 11.5 Å². The van der Waals surface area contributed by atoms with Crippen molar-refractivity contribution in [2.75, 3.05) is 19.6 Å². The van der Waals surface area contributed by atoms with E-state index in [2.05, 4.69) is 15.6 Å². The van der Waals surface area contributed by atoms with Crippen molar-refractivity contribution in [3.8, 4) is 0 Å². The molecule has 0 bridgehead atoms. The van der Waals surface area contributed by atoms with Crippen molar-refractivity contribution in [1.29, 1.82) is 0 Å². The smallest absolute Gasteiger partial charge is 0.293 e. The summed E-state index contributed by atoms with van der Waals surface area (Å²) in [7, 11) is 0. The SMILES string of the molecule is Cc1o[nH]c(=O)c1C(=O)NCC1(O)CN(C(=O)C(C)Cn2cccn2)C1. The van der Waals surface area contributed by atoms with Crippen molar-refractivity contribution in [3.05, 3.63) is 40.1 Å². The summed E-state index contributed by atoms with van der Waals surface area (Å²) in [6.07, 6.45) is 3.43. The second-order valence-electron chi connectivity index (χ2n) is 6.69. The van der Waals surface area contributed by atoms with Gasteiger partial charge in [-0.1, -0.05) is 6.92 Å². The number of rotatable bonds is 6. The highest BCUT2D eigenvalue weighted by molar-refractivity contribution is 5.94. The molecule has 140 valence electrons. The quantitative estimate of drug-likeness (QED) is 0.610. The first-order chi connectivity index (χ1) is 12.3. The van der Waals surface area contributed by atoms with Gasteiger partial charge in [0.1, 0.15) is 16.9 Å². The molecule has 3 N–H and O–H groups in total. The summed E-state index contributed by atoms with van der Waals surface area (Å²) in [6.45, 7) is 3.93. The molecule has 1 aliphatic heterocycles. The lowest BCUT2D eigenvalue weighted by Gasteiger charge is -2.47. The number of carbonyl (C=O) groups is 2. The maximum atomic E-state index is 12.4. The molecule has 10 nitrogen and oxygen atoms in total. The van der Waals surface area contributed by atoms with Gasteiger partial charge in [-0.15, -0.1) is 0 Å². The number of nitrogens with zero attached hydrogens (tertiary/aromatic N) is 3. The monoisotopic (exact) mass is 363 g/mol. The van der Waals surface area contributed by atoms with E-state index < -0.39 is 17.1 Å². The fraction of sp³-hybridized carbons (Fsp3) is 0.500. The second-order valence-corrected chi connectivity index (χ2v) is 6.69. The molecule has 2 amide bonds. The van der Waals surface area contributed by atoms with E-state index in [0.29, 0.717) is 6.54 Å². The van der Waals surface area contributed by atoms with Gasteiger partial charge in [0.2, 0.25) is 5.91 Å². The fourth-order valence-electron chi connectivity index (χ4n) is 2.99. The lowest BCUT2D eigenvalue weighted by Crippen LogP contribution is -2.68. The molecule has 2 aromatic heterocycles. The highest BCUT2D eigenvalue weighted by Gasteiger charge is 2.44. The zero-order chi connectivity index (χ0) is 18.9. The first-order valence-corrected chi connectivity index (χ1v) is 8.24. The standard InChI is InChI=1S/C16H21N5O5/c1-10(6-21-5-3-4-18-21)15(24)20-8-16(25,9-20)7-17-13(22)12-11(2)26-19-14(12)23/h3-5,10,25H,6-9H2,1-2H3,(H,17,22)(H,19,23). The van der Waals surface area contributed by atoms with Gasteiger partial charge in [-0.25, -0.2) is 0 Å². The van der Waals surface area contributed by atoms with Gasteiger partial charge in [0.05, 0.1) is 32.1 Å². The average molecular weight is 363 g/mol. The molecular weight excluding hydrogens is 342 g/mol. The number of aromatic nitrogens is 3. The zero-order valence-electron chi connectivity index (χ0n) is 14.6. The molecule has 0 spiro atoms. The number of hydrogen-bond donors (Lipinski definition) is 3. The van der Waals surface area contributed by atoms with Gasteiger partial charge in [-0.05, 0) is 13.0 Å². The molecule has 0 aliphatic carbocycles. The molecule has 0 radical (unpaired) electrons. The Bertz CT molecular complexity index is 847. The van der Waals surface area contributed by atoms with Gasteiger partial charge in [0, 0.05) is 12.4 Å². The number of aromatic amines is 1. The van der Waals surface area contributed by atoms with E-state index >= 15 is 0 Å². The molecule has 3 heterocycles. The van der Waals surface area contributed by atoms with E-state index in [1.165, 1.54) is 11.8 Å². The Balaban J connectivity index is 1.49. The largest absolute Gasteiger partial charge is 0.384 e. The van der Waals surface area contributed by atoms with Crippen molar-refractivity contribution >= 4 is 11.8 Å². The molecule has 1 saturated heterocycles. The Morgan fingerprint density at radius 3 is 2.81 bits per heavy atom. The number of amides is 2. The van der Waals surface area contributed by atoms with E-state index in [9.17, 15) is 19.5 Å². The van der Waals surface area contributed by atoms with Crippen molar-refractivity contribution in [2.45, 2.75) is 26.0 Å². The van der Waals surface area contributed by atoms with Gasteiger partial charge in [-0.2, -0.15) is 10.3 Å². The number of H-pyrrole nitrogens is 1. The molecule has 1 unspecified atom stereocenters. The summed E-state index contributed by atoms with van der Waals surface area (Å²) < 4.78 is 6.47. The molecule has 1 atom stereocenters. The average Bonchev–Trinajstić information content (AvgIpc) is 3.19. The zero-order valence-corrected chi connectivity index (χ0v) is 14.6. The maximum Gasteiger partial charge on any atom is 0.293 e. The number of carbonyl (C=O) groups excluding carboxylic acids is 2. The van der Waals surface area contributed by atoms with Crippen molar-refractivity contribution in [1.82, 2.24) is 25.2 Å². The minimum atomic E-state index is -1.21. The summed E-state index contributed by atoms with van der Waals surface area (Å²) in [5.41, 5.74) is -1.94. The van der Waals surface area contributed by atoms with Crippen LogP contribution >= 0.6 is 0 Å². The Morgan fingerprint density at radius 2 is 2.23 bits per heavy atom. The van der Waals surface area contributed by atoms with Crippen LogP contribution in [0.1, 0.15) is 23.0 Å². The summed E-state index contributed by atoms with van der Waals surface area (Å²) in [6, 6.07) is 1.79. The fourth-order valence-corrected chi connectivity index (χ4v) is 2.99. The number of β-amino-alcohol motifs (C(OH)–C–C–N with tert-alkyl or cyclic N) is 1. The van der Waals surface area contributed by atoms with Crippen LogP contribution < -0.4 is 10.9 Å². The minimum absolute atomic E-state index is 0.0623. The van der Waals surface area contributed by atoms with Crippen molar-refractivity contribution < 1.29 is 19.2 Å². The summed E-state index contributed by atoms with van der Waals surface area (Å²) in [4.78, 5) is 37.5. The molecule has 0 aromatic carbocycles. The van der Waals surface area contributed by atoms with Gasteiger partial charge < -0.3 is 19.8 Å². The first-order valence-electron chi connectivity index (χ1n) is 8.24. The van der Waals surface area contributed by atoms with E-state index in [4.69, 9.17) is 4.52 Å². The summed E-state index contributed by atoms with van der Waals surface area (Å²) in [5.74, 6) is -0.806. The highest BCUT2D eigenvalue weighted by Crippen LogP contribution is 2.22. The van der Waals surface area contributed by atoms with Crippen LogP contribution in [-0.4, -0.2) is 62.0 Å². The Kier molecular flexibility index (Phi) is 4.68. The highest BCUT2D eigenvalue weighted by atomic mass is 16.5. The van der Waals surface area contributed by atoms with Crippen molar-refractivity contribution in [3.63, 3.8) is 0 Å². The van der Waals surface area contributed by atoms with E-state index in [0.717, 1.165) is 0 Å². The van der Waals surface area contributed by atoms with Gasteiger partial charge >= 0.3 is 0 Å². The normalized spacial score (nSPS) is 16.8. The van der Waals surface area contributed by atoms with Crippen LogP contribution in [0.2, 0.25) is 0 Å². The number of aliphatic hydroxyl groups is 1. The Labute approximate surface area is 148 Å². The molecule has 2 aromatic rings. The third-order valence-corrected chi connectivity index (χ3v) is 4.40. The molecule has 1 aliphatic rings. The molecule has 1 fully saturated rings.